The molecule has 1 heterocycles. The summed E-state index contributed by atoms with van der Waals surface area (Å²) in [5.74, 6) is 0. The molecule has 3 nitrogen and oxygen atoms in total. The number of hydrogen-bond donors (Lipinski definition) is 1. The molecule has 0 amide bonds. The van der Waals surface area contributed by atoms with Crippen molar-refractivity contribution >= 4 is 10.9 Å². The van der Waals surface area contributed by atoms with Crippen LogP contribution in [0, 0.1) is 0 Å². The maximum atomic E-state index is 5.92. The predicted molar refractivity (Wildman–Crippen MR) is 99.8 cm³/mol. The van der Waals surface area contributed by atoms with E-state index in [9.17, 15) is 0 Å². The number of benzene rings is 2. The number of para-hydroxylation sites is 1. The van der Waals surface area contributed by atoms with E-state index in [4.69, 9.17) is 4.74 Å². The molecule has 0 fully saturated rings. The third-order valence-corrected chi connectivity index (χ3v) is 4.02. The maximum absolute atomic E-state index is 5.92. The second-order valence-corrected chi connectivity index (χ2v) is 7.21. The summed E-state index contributed by atoms with van der Waals surface area (Å²) in [5, 5.41) is 4.83. The number of hydrogen-bond acceptors (Lipinski definition) is 2. The van der Waals surface area contributed by atoms with Gasteiger partial charge >= 0.3 is 0 Å². The van der Waals surface area contributed by atoms with Gasteiger partial charge in [0, 0.05) is 18.3 Å². The lowest BCUT2D eigenvalue weighted by Crippen LogP contribution is -2.35. The highest BCUT2D eigenvalue weighted by atomic mass is 16.5. The Morgan fingerprint density at radius 1 is 0.958 bits per heavy atom. The maximum Gasteiger partial charge on any atom is 0.123 e. The van der Waals surface area contributed by atoms with Gasteiger partial charge in [-0.25, -0.2) is 0 Å². The van der Waals surface area contributed by atoms with Gasteiger partial charge in [0.15, 0.2) is 0 Å². The first-order valence-electron chi connectivity index (χ1n) is 8.46. The summed E-state index contributed by atoms with van der Waals surface area (Å²) in [5.41, 5.74) is 3.85. The monoisotopic (exact) mass is 322 g/mol. The fourth-order valence-electron chi connectivity index (χ4n) is 2.79. The minimum absolute atomic E-state index is 0.101. The van der Waals surface area contributed by atoms with Gasteiger partial charge in [-0.05, 0) is 43.4 Å². The molecule has 0 aliphatic heterocycles. The van der Waals surface area contributed by atoms with Crippen molar-refractivity contribution in [1.82, 2.24) is 9.88 Å². The van der Waals surface area contributed by atoms with Crippen LogP contribution in [-0.4, -0.2) is 10.1 Å². The predicted octanol–water partition coefficient (Wildman–Crippen LogP) is 4.70. The molecule has 0 atom stereocenters. The highest BCUT2D eigenvalue weighted by Crippen LogP contribution is 2.21. The van der Waals surface area contributed by atoms with Gasteiger partial charge in [0.05, 0.1) is 12.1 Å². The molecule has 0 saturated heterocycles. The Morgan fingerprint density at radius 2 is 1.75 bits per heavy atom. The van der Waals surface area contributed by atoms with Gasteiger partial charge in [-0.3, -0.25) is 0 Å². The van der Waals surface area contributed by atoms with Gasteiger partial charge in [0.2, 0.25) is 0 Å². The van der Waals surface area contributed by atoms with Crippen molar-refractivity contribution in [2.24, 2.45) is 0 Å². The summed E-state index contributed by atoms with van der Waals surface area (Å²) in [6.45, 7) is 8.61. The zero-order chi connectivity index (χ0) is 17.0. The van der Waals surface area contributed by atoms with Crippen LogP contribution in [0.25, 0.3) is 10.9 Å². The van der Waals surface area contributed by atoms with Crippen molar-refractivity contribution in [3.63, 3.8) is 0 Å². The van der Waals surface area contributed by atoms with Crippen LogP contribution in [0.15, 0.2) is 60.8 Å². The molecule has 0 unspecified atom stereocenters. The van der Waals surface area contributed by atoms with Crippen molar-refractivity contribution in [3.8, 4) is 0 Å². The van der Waals surface area contributed by atoms with E-state index in [0.29, 0.717) is 13.3 Å². The molecule has 0 bridgehead atoms. The highest BCUT2D eigenvalue weighted by Gasteiger charge is 2.11. The van der Waals surface area contributed by atoms with E-state index >= 15 is 0 Å². The normalized spacial score (nSPS) is 12.0. The van der Waals surface area contributed by atoms with Gasteiger partial charge < -0.3 is 14.6 Å². The van der Waals surface area contributed by atoms with E-state index in [1.54, 1.807) is 0 Å². The first-order valence-corrected chi connectivity index (χ1v) is 8.46. The van der Waals surface area contributed by atoms with Crippen LogP contribution in [0.5, 0.6) is 0 Å². The van der Waals surface area contributed by atoms with E-state index in [1.807, 2.05) is 18.2 Å². The number of ether oxygens (including phenoxy) is 1. The molecular formula is C21H26N2O. The van der Waals surface area contributed by atoms with Crippen molar-refractivity contribution in [2.75, 3.05) is 0 Å². The molecule has 2 aromatic carbocycles. The fraction of sp³-hybridized carbons (Fsp3) is 0.333. The number of aromatic nitrogens is 1. The largest absolute Gasteiger partial charge is 0.356 e. The van der Waals surface area contributed by atoms with Crippen LogP contribution in [-0.2, 0) is 24.6 Å². The van der Waals surface area contributed by atoms with E-state index in [-0.39, 0.29) is 5.54 Å². The van der Waals surface area contributed by atoms with Crippen LogP contribution < -0.4 is 5.32 Å². The summed E-state index contributed by atoms with van der Waals surface area (Å²) in [6.07, 6.45) is 2.11. The molecule has 0 aliphatic rings. The lowest BCUT2D eigenvalue weighted by Gasteiger charge is -2.21. The van der Waals surface area contributed by atoms with Gasteiger partial charge in [-0.1, -0.05) is 48.5 Å². The van der Waals surface area contributed by atoms with Gasteiger partial charge in [0.25, 0.3) is 0 Å². The third kappa shape index (κ3) is 4.25. The molecule has 0 radical (unpaired) electrons. The Hall–Kier alpha value is -2.10. The number of fused-ring (bicyclic) bond motifs is 1. The molecule has 1 N–H and O–H groups in total. The van der Waals surface area contributed by atoms with Crippen molar-refractivity contribution in [1.29, 1.82) is 0 Å². The summed E-state index contributed by atoms with van der Waals surface area (Å²) in [6, 6.07) is 18.9. The Bertz CT molecular complexity index is 784. The van der Waals surface area contributed by atoms with Gasteiger partial charge in [-0.2, -0.15) is 0 Å². The minimum atomic E-state index is 0.101. The lowest BCUT2D eigenvalue weighted by molar-refractivity contribution is 0.0667. The molecule has 126 valence electrons. The Morgan fingerprint density at radius 3 is 2.50 bits per heavy atom. The Labute approximate surface area is 144 Å². The zero-order valence-electron chi connectivity index (χ0n) is 14.8. The molecule has 3 aromatic rings. The number of rotatable bonds is 6. The Balaban J connectivity index is 1.73. The smallest absolute Gasteiger partial charge is 0.123 e. The number of nitrogens with one attached hydrogen (secondary N) is 1. The van der Waals surface area contributed by atoms with E-state index in [0.717, 1.165) is 6.54 Å². The van der Waals surface area contributed by atoms with E-state index < -0.39 is 0 Å². The highest BCUT2D eigenvalue weighted by molar-refractivity contribution is 5.83. The summed E-state index contributed by atoms with van der Waals surface area (Å²) in [4.78, 5) is 0. The van der Waals surface area contributed by atoms with E-state index in [2.05, 4.69) is 73.3 Å². The molecule has 0 aliphatic carbocycles. The van der Waals surface area contributed by atoms with Crippen LogP contribution in [0.2, 0.25) is 0 Å². The topological polar surface area (TPSA) is 26.2 Å². The third-order valence-electron chi connectivity index (χ3n) is 4.02. The molecule has 3 rings (SSSR count). The van der Waals surface area contributed by atoms with Gasteiger partial charge in [-0.15, -0.1) is 0 Å². The van der Waals surface area contributed by atoms with Crippen molar-refractivity contribution < 1.29 is 4.74 Å². The van der Waals surface area contributed by atoms with E-state index in [1.165, 1.54) is 22.0 Å². The number of nitrogens with zero attached hydrogens (tertiary/aromatic N) is 1. The zero-order valence-corrected chi connectivity index (χ0v) is 14.8. The summed E-state index contributed by atoms with van der Waals surface area (Å²) < 4.78 is 8.11. The molecule has 0 saturated carbocycles. The average Bonchev–Trinajstić information content (AvgIpc) is 2.97. The SMILES string of the molecule is CC(C)(C)NCc1cccc2ccn(COCc3ccccc3)c12. The fourth-order valence-corrected chi connectivity index (χ4v) is 2.79. The summed E-state index contributed by atoms with van der Waals surface area (Å²) in [7, 11) is 0. The molecule has 3 heteroatoms. The van der Waals surface area contributed by atoms with Crippen LogP contribution >= 0.6 is 0 Å². The Kier molecular flexibility index (Phi) is 5.03. The van der Waals surface area contributed by atoms with Crippen molar-refractivity contribution in [3.05, 3.63) is 71.9 Å². The average molecular weight is 322 g/mol. The van der Waals surface area contributed by atoms with Gasteiger partial charge in [0.1, 0.15) is 6.73 Å². The second-order valence-electron chi connectivity index (χ2n) is 7.21. The van der Waals surface area contributed by atoms with Crippen LogP contribution in [0.4, 0.5) is 0 Å². The molecule has 0 spiro atoms. The first-order chi connectivity index (χ1) is 11.5. The first kappa shape index (κ1) is 16.7. The lowest BCUT2D eigenvalue weighted by atomic mass is 10.1. The minimum Gasteiger partial charge on any atom is -0.356 e. The standard InChI is InChI=1S/C21H26N2O/c1-21(2,3)22-14-19-11-7-10-18-12-13-23(20(18)19)16-24-15-17-8-5-4-6-9-17/h4-13,22H,14-16H2,1-3H3. The summed E-state index contributed by atoms with van der Waals surface area (Å²) >= 11 is 0. The van der Waals surface area contributed by atoms with Crippen LogP contribution in [0.3, 0.4) is 0 Å². The molecular weight excluding hydrogens is 296 g/mol. The molecule has 1 aromatic heterocycles. The second kappa shape index (κ2) is 7.20. The van der Waals surface area contributed by atoms with Crippen molar-refractivity contribution in [2.45, 2.75) is 46.2 Å². The molecule has 24 heavy (non-hydrogen) atoms. The van der Waals surface area contributed by atoms with Crippen LogP contribution in [0.1, 0.15) is 31.9 Å². The quantitative estimate of drug-likeness (QED) is 0.711.